The van der Waals surface area contributed by atoms with Crippen molar-refractivity contribution in [3.8, 4) is 0 Å². The molecule has 0 aliphatic rings. The molecule has 0 aromatic heterocycles. The molecule has 0 saturated carbocycles. The molecule has 0 aliphatic heterocycles. The number of esters is 1. The summed E-state index contributed by atoms with van der Waals surface area (Å²) in [4.78, 5) is 22.5. The van der Waals surface area contributed by atoms with Gasteiger partial charge in [0.2, 0.25) is 0 Å². The van der Waals surface area contributed by atoms with Crippen molar-refractivity contribution in [1.82, 2.24) is 0 Å². The maximum absolute atomic E-state index is 12.6. The Morgan fingerprint density at radius 3 is 1.48 bits per heavy atom. The first kappa shape index (κ1) is 54.2. The third-order valence-electron chi connectivity index (χ3n) is 9.39. The molecule has 2 unspecified atom stereocenters. The van der Waals surface area contributed by atoms with Crippen LogP contribution in [0.3, 0.4) is 0 Å². The number of rotatable bonds is 43. The Morgan fingerprint density at radius 2 is 0.982 bits per heavy atom. The zero-order valence-electron chi connectivity index (χ0n) is 36.1. The van der Waals surface area contributed by atoms with Gasteiger partial charge in [0, 0.05) is 19.6 Å². The van der Waals surface area contributed by atoms with Gasteiger partial charge in [-0.15, -0.1) is 0 Å². The molecule has 326 valence electrons. The first-order valence-corrected chi connectivity index (χ1v) is 24.3. The third kappa shape index (κ3) is 43.3. The molecule has 3 N–H and O–H groups in total. The van der Waals surface area contributed by atoms with E-state index in [-0.39, 0.29) is 32.3 Å². The molecular formula is C47H86NO7P. The van der Waals surface area contributed by atoms with E-state index >= 15 is 0 Å². The van der Waals surface area contributed by atoms with Crippen molar-refractivity contribution in [2.75, 3.05) is 33.0 Å². The van der Waals surface area contributed by atoms with Gasteiger partial charge in [-0.2, -0.15) is 0 Å². The van der Waals surface area contributed by atoms with Crippen LogP contribution in [0.1, 0.15) is 194 Å². The molecule has 8 nitrogen and oxygen atoms in total. The summed E-state index contributed by atoms with van der Waals surface area (Å²) in [5.41, 5.74) is 5.37. The van der Waals surface area contributed by atoms with Gasteiger partial charge in [0.15, 0.2) is 0 Å². The molecule has 0 fully saturated rings. The predicted molar refractivity (Wildman–Crippen MR) is 238 cm³/mol. The predicted octanol–water partition coefficient (Wildman–Crippen LogP) is 13.8. The van der Waals surface area contributed by atoms with Gasteiger partial charge in [-0.25, -0.2) is 4.57 Å². The average molecular weight is 808 g/mol. The second kappa shape index (κ2) is 44.3. The fourth-order valence-electron chi connectivity index (χ4n) is 6.04. The van der Waals surface area contributed by atoms with Gasteiger partial charge in [0.05, 0.1) is 19.8 Å². The first-order valence-electron chi connectivity index (χ1n) is 22.8. The van der Waals surface area contributed by atoms with Crippen molar-refractivity contribution < 1.29 is 32.8 Å². The van der Waals surface area contributed by atoms with Gasteiger partial charge in [-0.3, -0.25) is 13.8 Å². The van der Waals surface area contributed by atoms with Crippen LogP contribution in [0.5, 0.6) is 0 Å². The molecule has 0 spiro atoms. The quantitative estimate of drug-likeness (QED) is 0.0271. The lowest BCUT2D eigenvalue weighted by atomic mass is 10.1. The summed E-state index contributed by atoms with van der Waals surface area (Å²) < 4.78 is 33.4. The maximum Gasteiger partial charge on any atom is 0.472 e. The van der Waals surface area contributed by atoms with Gasteiger partial charge in [-0.05, 0) is 77.0 Å². The Kier molecular flexibility index (Phi) is 42.9. The zero-order chi connectivity index (χ0) is 40.9. The third-order valence-corrected chi connectivity index (χ3v) is 10.4. The summed E-state index contributed by atoms with van der Waals surface area (Å²) in [6.45, 7) is 4.81. The molecule has 0 aliphatic carbocycles. The number of hydrogen-bond acceptors (Lipinski definition) is 7. The smallest absolute Gasteiger partial charge is 0.457 e. The Balaban J connectivity index is 3.99. The van der Waals surface area contributed by atoms with E-state index in [1.807, 2.05) is 0 Å². The Hall–Kier alpha value is -1.80. The molecule has 0 radical (unpaired) electrons. The second-order valence-electron chi connectivity index (χ2n) is 14.9. The topological polar surface area (TPSA) is 117 Å². The van der Waals surface area contributed by atoms with Crippen LogP contribution in [-0.2, 0) is 27.9 Å². The van der Waals surface area contributed by atoms with Crippen LogP contribution in [0.25, 0.3) is 0 Å². The first-order chi connectivity index (χ1) is 27.4. The van der Waals surface area contributed by atoms with Crippen LogP contribution in [-0.4, -0.2) is 49.9 Å². The van der Waals surface area contributed by atoms with Crippen molar-refractivity contribution in [3.63, 3.8) is 0 Å². The molecule has 0 amide bonds. The molecule has 0 bridgehead atoms. The van der Waals surface area contributed by atoms with E-state index in [9.17, 15) is 14.3 Å². The number of allylic oxidation sites excluding steroid dienone is 10. The molecule has 0 rings (SSSR count). The van der Waals surface area contributed by atoms with Crippen LogP contribution in [0, 0.1) is 0 Å². The minimum atomic E-state index is -4.28. The molecule has 0 heterocycles. The van der Waals surface area contributed by atoms with Crippen LogP contribution >= 0.6 is 7.82 Å². The number of phosphoric ester groups is 1. The van der Waals surface area contributed by atoms with Gasteiger partial charge in [0.1, 0.15) is 6.10 Å². The number of nitrogens with two attached hydrogens (primary N) is 1. The number of ether oxygens (including phenoxy) is 2. The van der Waals surface area contributed by atoms with E-state index in [4.69, 9.17) is 24.3 Å². The van der Waals surface area contributed by atoms with Crippen molar-refractivity contribution in [3.05, 3.63) is 60.8 Å². The maximum atomic E-state index is 12.6. The van der Waals surface area contributed by atoms with Crippen LogP contribution in [0.2, 0.25) is 0 Å². The molecule has 2 atom stereocenters. The van der Waals surface area contributed by atoms with E-state index in [0.29, 0.717) is 13.0 Å². The SMILES string of the molecule is CCC/C=C\C/C=C\CCCCCCCC(=O)OC(COCCCCCCCCCCC/C=C\C/C=C\C/C=C\CCCCCCC)COP(=O)(O)OCCN. The summed E-state index contributed by atoms with van der Waals surface area (Å²) >= 11 is 0. The molecule has 0 aromatic rings. The van der Waals surface area contributed by atoms with Gasteiger partial charge < -0.3 is 20.1 Å². The van der Waals surface area contributed by atoms with E-state index in [1.54, 1.807) is 0 Å². The van der Waals surface area contributed by atoms with Crippen LogP contribution in [0.4, 0.5) is 0 Å². The summed E-state index contributed by atoms with van der Waals surface area (Å²) in [7, 11) is -4.28. The lowest BCUT2D eigenvalue weighted by Gasteiger charge is -2.20. The number of carbonyl (C=O) groups is 1. The summed E-state index contributed by atoms with van der Waals surface area (Å²) in [6.07, 6.45) is 53.9. The highest BCUT2D eigenvalue weighted by Crippen LogP contribution is 2.43. The normalized spacial score (nSPS) is 14.0. The Bertz CT molecular complexity index is 1040. The van der Waals surface area contributed by atoms with Crippen molar-refractivity contribution >= 4 is 13.8 Å². The summed E-state index contributed by atoms with van der Waals surface area (Å²) in [5.74, 6) is -0.348. The summed E-state index contributed by atoms with van der Waals surface area (Å²) in [5, 5.41) is 0. The van der Waals surface area contributed by atoms with E-state index in [0.717, 1.165) is 77.0 Å². The highest BCUT2D eigenvalue weighted by molar-refractivity contribution is 7.47. The number of hydrogen-bond donors (Lipinski definition) is 2. The molecule has 0 aromatic carbocycles. The standard InChI is InChI=1S/C47H86NO7P/c1-3-5-7-9-11-13-15-17-18-19-20-21-22-23-24-25-26-27-29-31-33-35-37-39-42-52-44-46(45-54-56(50,51)53-43-41-48)55-47(49)40-38-36-34-32-30-28-16-14-12-10-8-6-4-2/h8,10,14-17,19-20,22-23,46H,3-7,9,11-13,18,21,24-45,48H2,1-2H3,(H,50,51)/b10-8-,16-14-,17-15-,20-19-,23-22-. The van der Waals surface area contributed by atoms with E-state index in [2.05, 4.69) is 74.6 Å². The summed E-state index contributed by atoms with van der Waals surface area (Å²) in [6, 6.07) is 0. The van der Waals surface area contributed by atoms with Crippen molar-refractivity contribution in [1.29, 1.82) is 0 Å². The van der Waals surface area contributed by atoms with Crippen molar-refractivity contribution in [2.24, 2.45) is 5.73 Å². The van der Waals surface area contributed by atoms with Gasteiger partial charge >= 0.3 is 13.8 Å². The monoisotopic (exact) mass is 808 g/mol. The minimum absolute atomic E-state index is 0.0945. The van der Waals surface area contributed by atoms with E-state index in [1.165, 1.54) is 96.3 Å². The lowest BCUT2D eigenvalue weighted by molar-refractivity contribution is -0.154. The molecule has 56 heavy (non-hydrogen) atoms. The molecular weight excluding hydrogens is 721 g/mol. The van der Waals surface area contributed by atoms with E-state index < -0.39 is 13.9 Å². The van der Waals surface area contributed by atoms with Gasteiger partial charge in [0.25, 0.3) is 0 Å². The Labute approximate surface area is 344 Å². The molecule has 0 saturated heterocycles. The minimum Gasteiger partial charge on any atom is -0.457 e. The zero-order valence-corrected chi connectivity index (χ0v) is 37.0. The highest BCUT2D eigenvalue weighted by Gasteiger charge is 2.25. The molecule has 9 heteroatoms. The van der Waals surface area contributed by atoms with Crippen molar-refractivity contribution in [2.45, 2.75) is 200 Å². The van der Waals surface area contributed by atoms with Crippen LogP contribution in [0.15, 0.2) is 60.8 Å². The number of carbonyl (C=O) groups excluding carboxylic acids is 1. The number of unbranched alkanes of at least 4 members (excludes halogenated alkanes) is 20. The Morgan fingerprint density at radius 1 is 0.536 bits per heavy atom. The number of phosphoric acid groups is 1. The van der Waals surface area contributed by atoms with Crippen LogP contribution < -0.4 is 5.73 Å². The fourth-order valence-corrected chi connectivity index (χ4v) is 6.81. The average Bonchev–Trinajstić information content (AvgIpc) is 3.19. The second-order valence-corrected chi connectivity index (χ2v) is 16.4. The highest BCUT2D eigenvalue weighted by atomic mass is 31.2. The largest absolute Gasteiger partial charge is 0.472 e. The van der Waals surface area contributed by atoms with Gasteiger partial charge in [-0.1, -0.05) is 171 Å². The lowest BCUT2D eigenvalue weighted by Crippen LogP contribution is -2.28. The fraction of sp³-hybridized carbons (Fsp3) is 0.766.